The number of amides is 2. The van der Waals surface area contributed by atoms with Crippen molar-refractivity contribution in [3.8, 4) is 0 Å². The Labute approximate surface area is 142 Å². The van der Waals surface area contributed by atoms with E-state index in [2.05, 4.69) is 5.32 Å². The number of carbonyl (C=O) groups is 2. The maximum absolute atomic E-state index is 12.9. The van der Waals surface area contributed by atoms with Crippen molar-refractivity contribution in [3.05, 3.63) is 63.2 Å². The molecule has 0 bridgehead atoms. The Morgan fingerprint density at radius 3 is 2.67 bits per heavy atom. The Morgan fingerprint density at radius 1 is 1.29 bits per heavy atom. The molecule has 2 aromatic carbocycles. The first-order chi connectivity index (χ1) is 11.4. The molecule has 0 spiro atoms. The fourth-order valence-electron chi connectivity index (χ4n) is 2.56. The van der Waals surface area contributed by atoms with Crippen molar-refractivity contribution in [2.24, 2.45) is 0 Å². The zero-order valence-corrected chi connectivity index (χ0v) is 13.3. The second kappa shape index (κ2) is 5.93. The molecule has 0 saturated carbocycles. The Hall–Kier alpha value is -2.93. The molecule has 24 heavy (non-hydrogen) atoms. The Kier molecular flexibility index (Phi) is 3.94. The lowest BCUT2D eigenvalue weighted by Gasteiger charge is -2.34. The van der Waals surface area contributed by atoms with Gasteiger partial charge in [0, 0.05) is 11.6 Å². The van der Waals surface area contributed by atoms with Crippen molar-refractivity contribution in [2.75, 3.05) is 10.2 Å². The van der Waals surface area contributed by atoms with E-state index in [4.69, 9.17) is 11.6 Å². The lowest BCUT2D eigenvalue weighted by molar-refractivity contribution is -0.384. The summed E-state index contributed by atoms with van der Waals surface area (Å²) in [7, 11) is 0. The van der Waals surface area contributed by atoms with Gasteiger partial charge < -0.3 is 5.32 Å². The van der Waals surface area contributed by atoms with E-state index >= 15 is 0 Å². The van der Waals surface area contributed by atoms with Crippen molar-refractivity contribution in [1.82, 2.24) is 0 Å². The highest BCUT2D eigenvalue weighted by Crippen LogP contribution is 2.34. The van der Waals surface area contributed by atoms with E-state index in [1.54, 1.807) is 31.2 Å². The van der Waals surface area contributed by atoms with Crippen LogP contribution in [0.4, 0.5) is 17.1 Å². The van der Waals surface area contributed by atoms with Crippen molar-refractivity contribution in [1.29, 1.82) is 0 Å². The Morgan fingerprint density at radius 2 is 2.00 bits per heavy atom. The van der Waals surface area contributed by atoms with Gasteiger partial charge in [-0.15, -0.1) is 0 Å². The third-order valence-electron chi connectivity index (χ3n) is 3.80. The number of nitro benzene ring substituents is 1. The van der Waals surface area contributed by atoms with Crippen molar-refractivity contribution >= 4 is 40.5 Å². The predicted octanol–water partition coefficient (Wildman–Crippen LogP) is 3.24. The van der Waals surface area contributed by atoms with Gasteiger partial charge in [0.2, 0.25) is 5.91 Å². The number of hydrogen-bond donors (Lipinski definition) is 1. The molecule has 1 atom stereocenters. The summed E-state index contributed by atoms with van der Waals surface area (Å²) in [6.45, 7) is 1.61. The van der Waals surface area contributed by atoms with Gasteiger partial charge in [0.25, 0.3) is 11.6 Å². The Bertz CT molecular complexity index is 868. The molecular formula is C16H12ClN3O4. The highest BCUT2D eigenvalue weighted by molar-refractivity contribution is 6.33. The topological polar surface area (TPSA) is 92.6 Å². The van der Waals surface area contributed by atoms with Crippen molar-refractivity contribution in [2.45, 2.75) is 13.0 Å². The highest BCUT2D eigenvalue weighted by atomic mass is 35.5. The average molecular weight is 346 g/mol. The van der Waals surface area contributed by atoms with Gasteiger partial charge in [-0.3, -0.25) is 24.6 Å². The number of para-hydroxylation sites is 2. The number of halogens is 1. The number of hydrogen-bond acceptors (Lipinski definition) is 4. The smallest absolute Gasteiger partial charge is 0.287 e. The van der Waals surface area contributed by atoms with Gasteiger partial charge in [0.05, 0.1) is 16.3 Å². The normalized spacial score (nSPS) is 16.3. The van der Waals surface area contributed by atoms with Gasteiger partial charge in [-0.05, 0) is 31.2 Å². The maximum atomic E-state index is 12.9. The van der Waals surface area contributed by atoms with Gasteiger partial charge in [-0.2, -0.15) is 0 Å². The van der Waals surface area contributed by atoms with Gasteiger partial charge >= 0.3 is 0 Å². The number of nitro groups is 1. The van der Waals surface area contributed by atoms with Crippen LogP contribution >= 0.6 is 11.6 Å². The first-order valence-corrected chi connectivity index (χ1v) is 7.45. The highest BCUT2D eigenvalue weighted by Gasteiger charge is 2.34. The van der Waals surface area contributed by atoms with Crippen LogP contribution in [0.2, 0.25) is 5.02 Å². The summed E-state index contributed by atoms with van der Waals surface area (Å²) in [5.41, 5.74) is 0.978. The van der Waals surface area contributed by atoms with E-state index in [9.17, 15) is 19.7 Å². The van der Waals surface area contributed by atoms with E-state index in [-0.39, 0.29) is 22.2 Å². The summed E-state index contributed by atoms with van der Waals surface area (Å²) in [4.78, 5) is 36.5. The van der Waals surface area contributed by atoms with Gasteiger partial charge in [0.15, 0.2) is 0 Å². The molecule has 7 nitrogen and oxygen atoms in total. The quantitative estimate of drug-likeness (QED) is 0.668. The lowest BCUT2D eigenvalue weighted by atomic mass is 10.1. The molecular weight excluding hydrogens is 334 g/mol. The van der Waals surface area contributed by atoms with E-state index in [1.165, 1.54) is 23.1 Å². The molecule has 0 aromatic heterocycles. The summed E-state index contributed by atoms with van der Waals surface area (Å²) in [5.74, 6) is -0.767. The number of nitrogens with zero attached hydrogens (tertiary/aromatic N) is 2. The van der Waals surface area contributed by atoms with Crippen LogP contribution in [-0.2, 0) is 4.79 Å². The standard InChI is InChI=1S/C16H12ClN3O4/c1-9-15(21)18-12-4-2-3-5-14(12)19(9)16(22)10-6-7-13(20(23)24)11(17)8-10/h2-9H,1H3,(H,18,21). The molecule has 2 aromatic rings. The van der Waals surface area contributed by atoms with Gasteiger partial charge in [-0.25, -0.2) is 0 Å². The molecule has 1 unspecified atom stereocenters. The lowest BCUT2D eigenvalue weighted by Crippen LogP contribution is -2.49. The monoisotopic (exact) mass is 345 g/mol. The SMILES string of the molecule is CC1C(=O)Nc2ccccc2N1C(=O)c1ccc([N+](=O)[O-])c(Cl)c1. The van der Waals surface area contributed by atoms with E-state index in [0.717, 1.165) is 0 Å². The number of anilines is 2. The number of rotatable bonds is 2. The molecule has 0 fully saturated rings. The minimum absolute atomic E-state index is 0.131. The van der Waals surface area contributed by atoms with Crippen LogP contribution in [-0.4, -0.2) is 22.8 Å². The number of carbonyl (C=O) groups excluding carboxylic acids is 2. The molecule has 1 N–H and O–H groups in total. The number of fused-ring (bicyclic) bond motifs is 1. The van der Waals surface area contributed by atoms with Gasteiger partial charge in [0.1, 0.15) is 11.1 Å². The van der Waals surface area contributed by atoms with Crippen LogP contribution in [0, 0.1) is 10.1 Å². The fourth-order valence-corrected chi connectivity index (χ4v) is 2.81. The summed E-state index contributed by atoms with van der Waals surface area (Å²) in [5, 5.41) is 13.4. The molecule has 8 heteroatoms. The third-order valence-corrected chi connectivity index (χ3v) is 4.10. The zero-order valence-electron chi connectivity index (χ0n) is 12.5. The zero-order chi connectivity index (χ0) is 17.4. The largest absolute Gasteiger partial charge is 0.322 e. The molecule has 3 rings (SSSR count). The van der Waals surface area contributed by atoms with E-state index < -0.39 is 16.9 Å². The summed E-state index contributed by atoms with van der Waals surface area (Å²) >= 11 is 5.88. The number of benzene rings is 2. The predicted molar refractivity (Wildman–Crippen MR) is 89.4 cm³/mol. The first kappa shape index (κ1) is 15.9. The minimum atomic E-state index is -0.721. The van der Waals surface area contributed by atoms with Gasteiger partial charge in [-0.1, -0.05) is 23.7 Å². The van der Waals surface area contributed by atoms with Crippen molar-refractivity contribution < 1.29 is 14.5 Å². The minimum Gasteiger partial charge on any atom is -0.322 e. The first-order valence-electron chi connectivity index (χ1n) is 7.07. The van der Waals surface area contributed by atoms with Crippen LogP contribution in [0.1, 0.15) is 17.3 Å². The molecule has 122 valence electrons. The summed E-state index contributed by atoms with van der Waals surface area (Å²) in [6.07, 6.45) is 0. The molecule has 0 aliphatic carbocycles. The van der Waals surface area contributed by atoms with Crippen LogP contribution < -0.4 is 10.2 Å². The number of nitrogens with one attached hydrogen (secondary N) is 1. The van der Waals surface area contributed by atoms with E-state index in [1.807, 2.05) is 0 Å². The third kappa shape index (κ3) is 2.59. The van der Waals surface area contributed by atoms with E-state index in [0.29, 0.717) is 11.4 Å². The average Bonchev–Trinajstić information content (AvgIpc) is 2.55. The maximum Gasteiger partial charge on any atom is 0.287 e. The molecule has 1 heterocycles. The van der Waals surface area contributed by atoms with Crippen LogP contribution in [0.15, 0.2) is 42.5 Å². The second-order valence-electron chi connectivity index (χ2n) is 5.28. The van der Waals surface area contributed by atoms with Crippen molar-refractivity contribution in [3.63, 3.8) is 0 Å². The molecule has 0 radical (unpaired) electrons. The van der Waals surface area contributed by atoms with Crippen LogP contribution in [0.3, 0.4) is 0 Å². The van der Waals surface area contributed by atoms with Crippen LogP contribution in [0.5, 0.6) is 0 Å². The summed E-state index contributed by atoms with van der Waals surface area (Å²) < 4.78 is 0. The molecule has 2 amide bonds. The molecule has 1 aliphatic heterocycles. The fraction of sp³-hybridized carbons (Fsp3) is 0.125. The molecule has 1 aliphatic rings. The summed E-state index contributed by atoms with van der Waals surface area (Å²) in [6, 6.07) is 9.94. The molecule has 0 saturated heterocycles. The Balaban J connectivity index is 2.05. The van der Waals surface area contributed by atoms with Crippen LogP contribution in [0.25, 0.3) is 0 Å². The second-order valence-corrected chi connectivity index (χ2v) is 5.69.